The third kappa shape index (κ3) is 4.05. The highest BCUT2D eigenvalue weighted by atomic mass is 16.3. The Bertz CT molecular complexity index is 2130. The van der Waals surface area contributed by atoms with Gasteiger partial charge in [0.15, 0.2) is 17.5 Å². The number of aromatic nitrogens is 3. The van der Waals surface area contributed by atoms with E-state index in [-0.39, 0.29) is 0 Å². The quantitative estimate of drug-likeness (QED) is 0.230. The van der Waals surface area contributed by atoms with Crippen LogP contribution in [0.1, 0.15) is 0 Å². The van der Waals surface area contributed by atoms with Crippen molar-refractivity contribution in [2.24, 2.45) is 0 Å². The fraction of sp³-hybridized carbons (Fsp3) is 0. The van der Waals surface area contributed by atoms with Gasteiger partial charge in [-0.2, -0.15) is 0 Å². The zero-order chi connectivity index (χ0) is 27.2. The molecular formula is C37H23N3O. The molecule has 192 valence electrons. The molecule has 0 saturated carbocycles. The smallest absolute Gasteiger partial charge is 0.164 e. The van der Waals surface area contributed by atoms with Crippen molar-refractivity contribution in [2.45, 2.75) is 0 Å². The average Bonchev–Trinajstić information content (AvgIpc) is 3.45. The lowest BCUT2D eigenvalue weighted by atomic mass is 9.95. The Morgan fingerprint density at radius 2 is 0.951 bits per heavy atom. The van der Waals surface area contributed by atoms with Crippen molar-refractivity contribution in [3.05, 3.63) is 140 Å². The molecule has 4 heteroatoms. The summed E-state index contributed by atoms with van der Waals surface area (Å²) in [5, 5.41) is 4.37. The summed E-state index contributed by atoms with van der Waals surface area (Å²) in [5.74, 6) is 1.90. The molecule has 8 aromatic rings. The Kier molecular flexibility index (Phi) is 5.42. The fourth-order valence-corrected chi connectivity index (χ4v) is 5.53. The van der Waals surface area contributed by atoms with Gasteiger partial charge in [0.25, 0.3) is 0 Å². The van der Waals surface area contributed by atoms with E-state index < -0.39 is 0 Å². The van der Waals surface area contributed by atoms with Crippen molar-refractivity contribution in [1.82, 2.24) is 15.0 Å². The van der Waals surface area contributed by atoms with Gasteiger partial charge < -0.3 is 4.42 Å². The molecule has 0 aliphatic heterocycles. The average molecular weight is 526 g/mol. The minimum Gasteiger partial charge on any atom is -0.455 e. The molecule has 0 aliphatic rings. The maximum absolute atomic E-state index is 6.55. The molecule has 0 amide bonds. The number of furan rings is 1. The van der Waals surface area contributed by atoms with Gasteiger partial charge in [-0.05, 0) is 40.8 Å². The summed E-state index contributed by atoms with van der Waals surface area (Å²) < 4.78 is 6.55. The van der Waals surface area contributed by atoms with Crippen LogP contribution >= 0.6 is 0 Å². The molecule has 8 rings (SSSR count). The minimum absolute atomic E-state index is 0.621. The summed E-state index contributed by atoms with van der Waals surface area (Å²) in [6, 6.07) is 47.5. The first-order chi connectivity index (χ1) is 20.3. The maximum Gasteiger partial charge on any atom is 0.164 e. The number of benzene rings is 6. The first kappa shape index (κ1) is 23.3. The molecule has 4 nitrogen and oxygen atoms in total. The van der Waals surface area contributed by atoms with E-state index in [0.29, 0.717) is 17.5 Å². The highest BCUT2D eigenvalue weighted by Gasteiger charge is 2.18. The van der Waals surface area contributed by atoms with Crippen LogP contribution in [0.3, 0.4) is 0 Å². The number of hydrogen-bond acceptors (Lipinski definition) is 4. The van der Waals surface area contributed by atoms with Crippen LogP contribution in [0.4, 0.5) is 0 Å². The second-order valence-corrected chi connectivity index (χ2v) is 10.1. The lowest BCUT2D eigenvalue weighted by molar-refractivity contribution is 0.673. The molecule has 0 aliphatic carbocycles. The largest absolute Gasteiger partial charge is 0.455 e. The van der Waals surface area contributed by atoms with Gasteiger partial charge in [0.1, 0.15) is 11.2 Å². The zero-order valence-corrected chi connectivity index (χ0v) is 22.0. The molecule has 0 fully saturated rings. The van der Waals surface area contributed by atoms with Crippen molar-refractivity contribution < 1.29 is 4.42 Å². The number of rotatable bonds is 4. The van der Waals surface area contributed by atoms with Crippen LogP contribution in [0.25, 0.3) is 78.0 Å². The third-order valence-corrected chi connectivity index (χ3v) is 7.50. The predicted molar refractivity (Wildman–Crippen MR) is 166 cm³/mol. The predicted octanol–water partition coefficient (Wildman–Crippen LogP) is 9.59. The normalized spacial score (nSPS) is 11.4. The molecule has 0 N–H and O–H groups in total. The lowest BCUT2D eigenvalue weighted by Crippen LogP contribution is -2.00. The van der Waals surface area contributed by atoms with E-state index >= 15 is 0 Å². The molecule has 6 aromatic carbocycles. The van der Waals surface area contributed by atoms with E-state index in [4.69, 9.17) is 19.4 Å². The summed E-state index contributed by atoms with van der Waals surface area (Å²) in [6.45, 7) is 0. The molecule has 2 heterocycles. The second-order valence-electron chi connectivity index (χ2n) is 10.1. The van der Waals surface area contributed by atoms with Gasteiger partial charge in [0, 0.05) is 32.8 Å². The third-order valence-electron chi connectivity index (χ3n) is 7.50. The van der Waals surface area contributed by atoms with Gasteiger partial charge >= 0.3 is 0 Å². The van der Waals surface area contributed by atoms with Crippen LogP contribution < -0.4 is 0 Å². The molecule has 41 heavy (non-hydrogen) atoms. The molecule has 0 radical (unpaired) electrons. The van der Waals surface area contributed by atoms with E-state index in [2.05, 4.69) is 60.7 Å². The van der Waals surface area contributed by atoms with E-state index in [1.807, 2.05) is 78.9 Å². The highest BCUT2D eigenvalue weighted by molar-refractivity contribution is 6.21. The van der Waals surface area contributed by atoms with Gasteiger partial charge in [-0.15, -0.1) is 0 Å². The lowest BCUT2D eigenvalue weighted by Gasteiger charge is -2.09. The Labute approximate surface area is 236 Å². The molecule has 0 atom stereocenters. The maximum atomic E-state index is 6.55. The van der Waals surface area contributed by atoms with Crippen molar-refractivity contribution in [3.8, 4) is 45.3 Å². The van der Waals surface area contributed by atoms with E-state index in [9.17, 15) is 0 Å². The van der Waals surface area contributed by atoms with Crippen LogP contribution in [0.15, 0.2) is 144 Å². The molecular weight excluding hydrogens is 502 g/mol. The zero-order valence-electron chi connectivity index (χ0n) is 22.0. The Hall–Kier alpha value is -5.61. The molecule has 0 bridgehead atoms. The summed E-state index contributed by atoms with van der Waals surface area (Å²) in [4.78, 5) is 14.7. The molecule has 0 unspecified atom stereocenters. The number of fused-ring (bicyclic) bond motifs is 5. The van der Waals surface area contributed by atoms with Crippen molar-refractivity contribution in [2.75, 3.05) is 0 Å². The fourth-order valence-electron chi connectivity index (χ4n) is 5.53. The Balaban J connectivity index is 1.40. The second kappa shape index (κ2) is 9.54. The monoisotopic (exact) mass is 525 g/mol. The number of nitrogens with zero attached hydrogens (tertiary/aromatic N) is 3. The van der Waals surface area contributed by atoms with Crippen molar-refractivity contribution >= 4 is 32.7 Å². The first-order valence-electron chi connectivity index (χ1n) is 13.6. The highest BCUT2D eigenvalue weighted by Crippen LogP contribution is 2.42. The first-order valence-corrected chi connectivity index (χ1v) is 13.6. The van der Waals surface area contributed by atoms with Crippen LogP contribution in [0, 0.1) is 0 Å². The van der Waals surface area contributed by atoms with Crippen LogP contribution in [-0.2, 0) is 0 Å². The summed E-state index contributed by atoms with van der Waals surface area (Å²) in [6.07, 6.45) is 0. The summed E-state index contributed by atoms with van der Waals surface area (Å²) in [7, 11) is 0. The summed E-state index contributed by atoms with van der Waals surface area (Å²) >= 11 is 0. The van der Waals surface area contributed by atoms with Gasteiger partial charge in [0.2, 0.25) is 0 Å². The Morgan fingerprint density at radius 3 is 1.59 bits per heavy atom. The van der Waals surface area contributed by atoms with Crippen LogP contribution in [0.2, 0.25) is 0 Å². The van der Waals surface area contributed by atoms with Crippen LogP contribution in [-0.4, -0.2) is 15.0 Å². The SMILES string of the molecule is c1ccc(-c2nc(-c3ccccc3)nc(-c3ccc4oc5c6ccccc6cc(-c6ccccc6)c5c4c3)n2)cc1. The van der Waals surface area contributed by atoms with Gasteiger partial charge in [-0.1, -0.05) is 115 Å². The topological polar surface area (TPSA) is 51.8 Å². The Morgan fingerprint density at radius 1 is 0.415 bits per heavy atom. The van der Waals surface area contributed by atoms with E-state index in [1.165, 1.54) is 0 Å². The van der Waals surface area contributed by atoms with Crippen molar-refractivity contribution in [3.63, 3.8) is 0 Å². The summed E-state index contributed by atoms with van der Waals surface area (Å²) in [5.41, 5.74) is 6.80. The van der Waals surface area contributed by atoms with Gasteiger partial charge in [0.05, 0.1) is 0 Å². The van der Waals surface area contributed by atoms with Gasteiger partial charge in [-0.3, -0.25) is 0 Å². The van der Waals surface area contributed by atoms with Crippen molar-refractivity contribution in [1.29, 1.82) is 0 Å². The molecule has 0 spiro atoms. The molecule has 0 saturated heterocycles. The minimum atomic E-state index is 0.621. The van der Waals surface area contributed by atoms with Gasteiger partial charge in [-0.25, -0.2) is 15.0 Å². The molecule has 2 aromatic heterocycles. The van der Waals surface area contributed by atoms with E-state index in [0.717, 1.165) is 60.5 Å². The standard InChI is InChI=1S/C37H23N3O/c1-4-12-24(13-5-1)30-22-27-18-10-11-19-29(27)34-33(30)31-23-28(20-21-32(31)41-34)37-39-35(25-14-6-2-7-15-25)38-36(40-37)26-16-8-3-9-17-26/h1-23H. The number of hydrogen-bond donors (Lipinski definition) is 0. The van der Waals surface area contributed by atoms with E-state index in [1.54, 1.807) is 0 Å². The van der Waals surface area contributed by atoms with Crippen LogP contribution in [0.5, 0.6) is 0 Å².